The molecule has 302 valence electrons. The SMILES string of the molecule is O=[N+]([O-])c1ccc(-c2nc3cc(-c4c5nc(c(-c6ccccc6)c6ccc([nH]6)c(-c6ccccc6)c6nc(c(-c7ccccc7)c7ccc4[nH]7)C=C6)C=C5)ccc3n3cccc23)cc1. The third kappa shape index (κ3) is 6.22. The molecule has 0 aliphatic carbocycles. The zero-order valence-corrected chi connectivity index (χ0v) is 34.1. The van der Waals surface area contributed by atoms with E-state index in [1.165, 1.54) is 12.1 Å². The van der Waals surface area contributed by atoms with Crippen LogP contribution in [0.4, 0.5) is 5.69 Å². The van der Waals surface area contributed by atoms with Crippen LogP contribution in [0.15, 0.2) is 176 Å². The molecule has 64 heavy (non-hydrogen) atoms. The van der Waals surface area contributed by atoms with Crippen molar-refractivity contribution in [3.8, 4) is 55.8 Å². The van der Waals surface area contributed by atoms with Gasteiger partial charge in [-0.1, -0.05) is 97.1 Å². The monoisotopic (exact) mass is 825 g/mol. The summed E-state index contributed by atoms with van der Waals surface area (Å²) < 4.78 is 2.12. The van der Waals surface area contributed by atoms with Crippen molar-refractivity contribution in [3.05, 3.63) is 209 Å². The number of nitrogens with one attached hydrogen (secondary N) is 2. The van der Waals surface area contributed by atoms with Crippen LogP contribution >= 0.6 is 0 Å². The van der Waals surface area contributed by atoms with Crippen molar-refractivity contribution in [1.82, 2.24) is 29.3 Å². The van der Waals surface area contributed by atoms with Crippen LogP contribution in [0, 0.1) is 10.1 Å². The van der Waals surface area contributed by atoms with E-state index in [-0.39, 0.29) is 10.6 Å². The van der Waals surface area contributed by atoms with Crippen LogP contribution in [-0.4, -0.2) is 34.2 Å². The highest BCUT2D eigenvalue weighted by atomic mass is 16.6. The van der Waals surface area contributed by atoms with Gasteiger partial charge >= 0.3 is 0 Å². The summed E-state index contributed by atoms with van der Waals surface area (Å²) >= 11 is 0. The van der Waals surface area contributed by atoms with Crippen LogP contribution in [-0.2, 0) is 0 Å². The lowest BCUT2D eigenvalue weighted by molar-refractivity contribution is -0.384. The number of rotatable bonds is 6. The number of fused-ring (bicyclic) bond motifs is 11. The van der Waals surface area contributed by atoms with E-state index < -0.39 is 0 Å². The molecule has 0 saturated carbocycles. The van der Waals surface area contributed by atoms with Crippen molar-refractivity contribution >= 4 is 68.6 Å². The van der Waals surface area contributed by atoms with Gasteiger partial charge in [0.2, 0.25) is 0 Å². The molecule has 8 bridgehead atoms. The molecule has 9 nitrogen and oxygen atoms in total. The van der Waals surface area contributed by atoms with E-state index in [0.29, 0.717) is 0 Å². The maximum atomic E-state index is 11.5. The summed E-state index contributed by atoms with van der Waals surface area (Å²) in [4.78, 5) is 34.9. The summed E-state index contributed by atoms with van der Waals surface area (Å²) in [5.74, 6) is 0. The van der Waals surface area contributed by atoms with Gasteiger partial charge in [0.05, 0.1) is 49.9 Å². The van der Waals surface area contributed by atoms with Crippen molar-refractivity contribution in [2.45, 2.75) is 0 Å². The quantitative estimate of drug-likeness (QED) is 0.128. The molecule has 12 rings (SSSR count). The maximum absolute atomic E-state index is 11.5. The van der Waals surface area contributed by atoms with Crippen LogP contribution in [0.2, 0.25) is 0 Å². The Labute approximate surface area is 366 Å². The van der Waals surface area contributed by atoms with Gasteiger partial charge in [0.15, 0.2) is 0 Å². The van der Waals surface area contributed by atoms with Gasteiger partial charge in [0.25, 0.3) is 5.69 Å². The lowest BCUT2D eigenvalue weighted by atomic mass is 10.0. The topological polar surface area (TPSA) is 118 Å². The molecule has 0 saturated heterocycles. The molecule has 5 aromatic heterocycles. The number of non-ortho nitro benzene ring substituents is 1. The second kappa shape index (κ2) is 14.9. The highest BCUT2D eigenvalue weighted by molar-refractivity contribution is 6.01. The minimum atomic E-state index is -0.386. The smallest absolute Gasteiger partial charge is 0.269 e. The second-order valence-electron chi connectivity index (χ2n) is 15.8. The van der Waals surface area contributed by atoms with Crippen LogP contribution in [0.25, 0.3) is 119 Å². The minimum Gasteiger partial charge on any atom is -0.354 e. The summed E-state index contributed by atoms with van der Waals surface area (Å²) in [5.41, 5.74) is 19.0. The van der Waals surface area contributed by atoms with Gasteiger partial charge in [-0.25, -0.2) is 15.0 Å². The number of hydrogen-bond donors (Lipinski definition) is 2. The van der Waals surface area contributed by atoms with Crippen molar-refractivity contribution in [2.24, 2.45) is 0 Å². The summed E-state index contributed by atoms with van der Waals surface area (Å²) in [6.45, 7) is 0. The van der Waals surface area contributed by atoms with Gasteiger partial charge < -0.3 is 14.4 Å². The van der Waals surface area contributed by atoms with Crippen molar-refractivity contribution in [1.29, 1.82) is 0 Å². The molecule has 2 N–H and O–H groups in total. The number of aromatic amines is 2. The predicted molar refractivity (Wildman–Crippen MR) is 259 cm³/mol. The number of nitrogens with zero attached hydrogens (tertiary/aromatic N) is 5. The Morgan fingerprint density at radius 2 is 0.859 bits per heavy atom. The predicted octanol–water partition coefficient (Wildman–Crippen LogP) is 13.7. The van der Waals surface area contributed by atoms with E-state index in [9.17, 15) is 10.1 Å². The van der Waals surface area contributed by atoms with E-state index >= 15 is 0 Å². The van der Waals surface area contributed by atoms with Crippen LogP contribution < -0.4 is 0 Å². The second-order valence-corrected chi connectivity index (χ2v) is 15.8. The van der Waals surface area contributed by atoms with E-state index in [4.69, 9.17) is 15.0 Å². The number of H-pyrrole nitrogens is 2. The molecule has 0 amide bonds. The molecule has 2 aliphatic heterocycles. The zero-order valence-electron chi connectivity index (χ0n) is 34.1. The Morgan fingerprint density at radius 1 is 0.422 bits per heavy atom. The molecule has 7 heterocycles. The molecule has 0 radical (unpaired) electrons. The van der Waals surface area contributed by atoms with Crippen LogP contribution in [0.3, 0.4) is 0 Å². The molecule has 5 aromatic carbocycles. The first-order valence-electron chi connectivity index (χ1n) is 21.0. The van der Waals surface area contributed by atoms with Gasteiger partial charge in [-0.3, -0.25) is 10.1 Å². The van der Waals surface area contributed by atoms with Crippen LogP contribution in [0.5, 0.6) is 0 Å². The van der Waals surface area contributed by atoms with E-state index in [1.807, 2.05) is 36.5 Å². The first-order valence-corrected chi connectivity index (χ1v) is 21.0. The number of benzene rings is 5. The first-order chi connectivity index (χ1) is 31.5. The lowest BCUT2D eigenvalue weighted by Gasteiger charge is -2.11. The fraction of sp³-hybridized carbons (Fsp3) is 0. The Kier molecular flexibility index (Phi) is 8.58. The molecular formula is C55H35N7O2. The average molecular weight is 826 g/mol. The third-order valence-electron chi connectivity index (χ3n) is 12.0. The van der Waals surface area contributed by atoms with Gasteiger partial charge in [0.1, 0.15) is 0 Å². The van der Waals surface area contributed by atoms with E-state index in [0.717, 1.165) is 117 Å². The normalized spacial score (nSPS) is 12.1. The minimum absolute atomic E-state index is 0.0309. The Hall–Kier alpha value is -8.95. The lowest BCUT2D eigenvalue weighted by Crippen LogP contribution is -1.96. The average Bonchev–Trinajstić information content (AvgIpc) is 4.21. The van der Waals surface area contributed by atoms with Gasteiger partial charge in [0, 0.05) is 68.2 Å². The highest BCUT2D eigenvalue weighted by Crippen LogP contribution is 2.39. The Morgan fingerprint density at radius 3 is 1.31 bits per heavy atom. The molecular weight excluding hydrogens is 791 g/mol. The maximum Gasteiger partial charge on any atom is 0.269 e. The standard InChI is InChI=1S/C55H35N7O2/c63-62(64)39-21-18-37(19-22-39)55-50-17-10-32-61(50)49-31-20-38(33-48(49)60-55)54-46-29-27-44(58-46)52(35-13-6-2-7-14-35)42-25-23-40(56-42)51(34-11-4-1-5-12-34)41-24-26-43(57-41)53(36-15-8-3-9-16-36)45-28-30-47(54)59-45/h1-33,56,59H. The number of nitro groups is 1. The fourth-order valence-electron chi connectivity index (χ4n) is 9.12. The summed E-state index contributed by atoms with van der Waals surface area (Å²) in [6, 6.07) is 56.6. The van der Waals surface area contributed by atoms with Crippen LogP contribution in [0.1, 0.15) is 22.8 Å². The molecule has 2 aliphatic rings. The first kappa shape index (κ1) is 36.9. The van der Waals surface area contributed by atoms with Crippen molar-refractivity contribution in [2.75, 3.05) is 0 Å². The summed E-state index contributed by atoms with van der Waals surface area (Å²) in [7, 11) is 0. The van der Waals surface area contributed by atoms with Crippen molar-refractivity contribution in [3.63, 3.8) is 0 Å². The highest BCUT2D eigenvalue weighted by Gasteiger charge is 2.20. The number of aromatic nitrogens is 6. The summed E-state index contributed by atoms with van der Waals surface area (Å²) in [6.07, 6.45) is 10.4. The summed E-state index contributed by atoms with van der Waals surface area (Å²) in [5, 5.41) is 11.5. The molecule has 10 aromatic rings. The van der Waals surface area contributed by atoms with E-state index in [1.54, 1.807) is 12.1 Å². The molecule has 0 spiro atoms. The van der Waals surface area contributed by atoms with Crippen molar-refractivity contribution < 1.29 is 4.92 Å². The molecule has 0 unspecified atom stereocenters. The van der Waals surface area contributed by atoms with Gasteiger partial charge in [-0.2, -0.15) is 0 Å². The Balaban J connectivity index is 1.18. The molecule has 0 atom stereocenters. The van der Waals surface area contributed by atoms with E-state index in [2.05, 4.69) is 154 Å². The molecule has 9 heteroatoms. The van der Waals surface area contributed by atoms with Gasteiger partial charge in [-0.05, 0) is 107 Å². The van der Waals surface area contributed by atoms with Gasteiger partial charge in [-0.15, -0.1) is 0 Å². The largest absolute Gasteiger partial charge is 0.354 e. The fourth-order valence-corrected chi connectivity index (χ4v) is 9.12. The molecule has 0 fully saturated rings. The number of hydrogen-bond acceptors (Lipinski definition) is 5. The number of nitro benzene ring substituents is 1. The Bertz CT molecular complexity index is 3700. The third-order valence-corrected chi connectivity index (χ3v) is 12.0. The zero-order chi connectivity index (χ0) is 42.7.